The topological polar surface area (TPSA) is 138 Å². The Bertz CT molecular complexity index is 1480. The number of hydrogen-bond donors (Lipinski definition) is 4. The fourth-order valence-electron chi connectivity index (χ4n) is 3.57. The summed E-state index contributed by atoms with van der Waals surface area (Å²) in [6.07, 6.45) is 5.93. The first kappa shape index (κ1) is 21.8. The van der Waals surface area contributed by atoms with Gasteiger partial charge in [0.15, 0.2) is 0 Å². The highest BCUT2D eigenvalue weighted by Gasteiger charge is 2.17. The van der Waals surface area contributed by atoms with Crippen LogP contribution in [0.2, 0.25) is 0 Å². The van der Waals surface area contributed by atoms with Crippen molar-refractivity contribution < 1.29 is 14.3 Å². The summed E-state index contributed by atoms with van der Waals surface area (Å²) in [7, 11) is 0. The second kappa shape index (κ2) is 9.48. The molecule has 0 saturated heterocycles. The Morgan fingerprint density at radius 3 is 2.60 bits per heavy atom. The van der Waals surface area contributed by atoms with Gasteiger partial charge in [0.25, 0.3) is 11.8 Å². The number of carbonyl (C=O) groups is 2. The monoisotopic (exact) mass is 467 g/mol. The van der Waals surface area contributed by atoms with Crippen LogP contribution in [-0.4, -0.2) is 36.7 Å². The maximum absolute atomic E-state index is 12.9. The molecule has 0 bridgehead atoms. The molecule has 0 spiro atoms. The van der Waals surface area contributed by atoms with Crippen LogP contribution >= 0.6 is 0 Å². The molecule has 2 aromatic carbocycles. The smallest absolute Gasteiger partial charge is 0.260 e. The molecule has 10 nitrogen and oxygen atoms in total. The number of amides is 2. The molecular weight excluding hydrogens is 446 g/mol. The third-order valence-corrected chi connectivity index (χ3v) is 5.28. The number of aromatic amines is 2. The molecule has 3 heterocycles. The number of imidazole rings is 2. The van der Waals surface area contributed by atoms with Crippen LogP contribution < -0.4 is 15.4 Å². The quantitative estimate of drug-likeness (QED) is 0.281. The standard InChI is InChI=1S/C25H21N7O3/c1-15(16-6-3-2-4-7-16)35-18-12-17(13-26-14-18)22(33)31-25-29-20-9-5-8-19(21(20)30-25)23(34)32-24-27-10-11-28-24/h2-15H,1H3,(H2,27,28,32,34)(H2,29,30,31,33)/t15-/m1/s1. The third kappa shape index (κ3) is 4.86. The number of carbonyl (C=O) groups excluding carboxylic acids is 2. The van der Waals surface area contributed by atoms with Crippen LogP contribution in [0.1, 0.15) is 39.3 Å². The molecule has 5 aromatic rings. The van der Waals surface area contributed by atoms with Gasteiger partial charge < -0.3 is 14.7 Å². The zero-order chi connectivity index (χ0) is 24.2. The minimum atomic E-state index is -0.420. The highest BCUT2D eigenvalue weighted by Crippen LogP contribution is 2.23. The Morgan fingerprint density at radius 2 is 1.80 bits per heavy atom. The van der Waals surface area contributed by atoms with E-state index in [1.54, 1.807) is 36.7 Å². The number of aromatic nitrogens is 5. The lowest BCUT2D eigenvalue weighted by molar-refractivity contribution is 0.101. The predicted molar refractivity (Wildman–Crippen MR) is 130 cm³/mol. The highest BCUT2D eigenvalue weighted by atomic mass is 16.5. The SMILES string of the molecule is C[C@@H](Oc1cncc(C(=O)Nc2nc3c(C(=O)Nc4ncc[nH]4)cccc3[nH]2)c1)c1ccccc1. The van der Waals surface area contributed by atoms with Crippen LogP contribution in [0.3, 0.4) is 0 Å². The minimum absolute atomic E-state index is 0.201. The van der Waals surface area contributed by atoms with E-state index in [9.17, 15) is 9.59 Å². The first-order valence-corrected chi connectivity index (χ1v) is 10.8. The molecule has 0 fully saturated rings. The summed E-state index contributed by atoms with van der Waals surface area (Å²) >= 11 is 0. The van der Waals surface area contributed by atoms with E-state index >= 15 is 0 Å². The largest absolute Gasteiger partial charge is 0.484 e. The van der Waals surface area contributed by atoms with E-state index in [0.717, 1.165) is 5.56 Å². The van der Waals surface area contributed by atoms with Crippen LogP contribution in [0.15, 0.2) is 79.4 Å². The molecule has 4 N–H and O–H groups in total. The van der Waals surface area contributed by atoms with Crippen LogP contribution in [0.25, 0.3) is 11.0 Å². The molecule has 0 radical (unpaired) electrons. The van der Waals surface area contributed by atoms with Crippen molar-refractivity contribution in [3.63, 3.8) is 0 Å². The van der Waals surface area contributed by atoms with Gasteiger partial charge in [-0.25, -0.2) is 9.97 Å². The predicted octanol–water partition coefficient (Wildman–Crippen LogP) is 4.33. The van der Waals surface area contributed by atoms with Gasteiger partial charge >= 0.3 is 0 Å². The molecule has 0 saturated carbocycles. The number of nitrogens with one attached hydrogen (secondary N) is 4. The Morgan fingerprint density at radius 1 is 0.971 bits per heavy atom. The molecule has 10 heteroatoms. The average molecular weight is 467 g/mol. The van der Waals surface area contributed by atoms with E-state index < -0.39 is 5.91 Å². The van der Waals surface area contributed by atoms with Crippen molar-refractivity contribution in [2.24, 2.45) is 0 Å². The van der Waals surface area contributed by atoms with Crippen LogP contribution in [0, 0.1) is 0 Å². The van der Waals surface area contributed by atoms with E-state index in [2.05, 4.69) is 35.6 Å². The van der Waals surface area contributed by atoms with E-state index in [0.29, 0.717) is 33.9 Å². The van der Waals surface area contributed by atoms with Crippen molar-refractivity contribution in [3.05, 3.63) is 96.1 Å². The van der Waals surface area contributed by atoms with Gasteiger partial charge in [0.05, 0.1) is 22.8 Å². The minimum Gasteiger partial charge on any atom is -0.484 e. The molecule has 1 atom stereocenters. The van der Waals surface area contributed by atoms with Gasteiger partial charge in [-0.15, -0.1) is 0 Å². The molecule has 0 aliphatic rings. The summed E-state index contributed by atoms with van der Waals surface area (Å²) in [5, 5.41) is 5.39. The zero-order valence-electron chi connectivity index (χ0n) is 18.6. The molecule has 3 aromatic heterocycles. The summed E-state index contributed by atoms with van der Waals surface area (Å²) in [4.78, 5) is 43.9. The third-order valence-electron chi connectivity index (χ3n) is 5.28. The van der Waals surface area contributed by atoms with Gasteiger partial charge in [0.1, 0.15) is 17.4 Å². The van der Waals surface area contributed by atoms with Crippen molar-refractivity contribution in [2.75, 3.05) is 10.6 Å². The maximum Gasteiger partial charge on any atom is 0.260 e. The summed E-state index contributed by atoms with van der Waals surface area (Å²) in [5.41, 5.74) is 2.66. The fraction of sp³-hybridized carbons (Fsp3) is 0.0800. The van der Waals surface area contributed by atoms with E-state index in [1.165, 1.54) is 12.4 Å². The lowest BCUT2D eigenvalue weighted by Crippen LogP contribution is -2.14. The van der Waals surface area contributed by atoms with Gasteiger partial charge in [-0.3, -0.25) is 25.2 Å². The van der Waals surface area contributed by atoms with Crippen molar-refractivity contribution in [3.8, 4) is 5.75 Å². The van der Waals surface area contributed by atoms with Crippen LogP contribution in [-0.2, 0) is 0 Å². The summed E-state index contributed by atoms with van der Waals surface area (Å²) < 4.78 is 5.96. The van der Waals surface area contributed by atoms with Gasteiger partial charge in [-0.05, 0) is 30.7 Å². The van der Waals surface area contributed by atoms with E-state index in [1.807, 2.05) is 37.3 Å². The lowest BCUT2D eigenvalue weighted by Gasteiger charge is -2.15. The Balaban J connectivity index is 1.32. The molecule has 35 heavy (non-hydrogen) atoms. The number of ether oxygens (including phenoxy) is 1. The zero-order valence-corrected chi connectivity index (χ0v) is 18.6. The molecule has 0 aliphatic heterocycles. The lowest BCUT2D eigenvalue weighted by atomic mass is 10.1. The molecule has 5 rings (SSSR count). The molecule has 0 unspecified atom stereocenters. The number of rotatable bonds is 7. The van der Waals surface area contributed by atoms with Gasteiger partial charge in [0.2, 0.25) is 11.9 Å². The Hall–Kier alpha value is -4.99. The molecule has 2 amide bonds. The van der Waals surface area contributed by atoms with Crippen LogP contribution in [0.4, 0.5) is 11.9 Å². The second-order valence-corrected chi connectivity index (χ2v) is 7.71. The van der Waals surface area contributed by atoms with Gasteiger partial charge in [0, 0.05) is 18.6 Å². The van der Waals surface area contributed by atoms with Crippen LogP contribution in [0.5, 0.6) is 5.75 Å². The maximum atomic E-state index is 12.9. The summed E-state index contributed by atoms with van der Waals surface area (Å²) in [5.74, 6) is 0.197. The average Bonchev–Trinajstić information content (AvgIpc) is 3.54. The first-order valence-electron chi connectivity index (χ1n) is 10.8. The number of H-pyrrole nitrogens is 2. The number of pyridine rings is 1. The van der Waals surface area contributed by atoms with Gasteiger partial charge in [-0.1, -0.05) is 36.4 Å². The number of benzene rings is 2. The number of fused-ring (bicyclic) bond motifs is 1. The van der Waals surface area contributed by atoms with Crippen molar-refractivity contribution in [1.82, 2.24) is 24.9 Å². The normalized spacial score (nSPS) is 11.7. The van der Waals surface area contributed by atoms with E-state index in [-0.39, 0.29) is 18.0 Å². The fourth-order valence-corrected chi connectivity index (χ4v) is 3.57. The number of para-hydroxylation sites is 1. The highest BCUT2D eigenvalue weighted by molar-refractivity contribution is 6.11. The van der Waals surface area contributed by atoms with E-state index in [4.69, 9.17) is 4.74 Å². The summed E-state index contributed by atoms with van der Waals surface area (Å²) in [6.45, 7) is 1.93. The number of anilines is 2. The number of nitrogens with zero attached hydrogens (tertiary/aromatic N) is 3. The molecule has 174 valence electrons. The molecule has 0 aliphatic carbocycles. The summed E-state index contributed by atoms with van der Waals surface area (Å²) in [6, 6.07) is 16.5. The molecular formula is C25H21N7O3. The van der Waals surface area contributed by atoms with Crippen molar-refractivity contribution in [2.45, 2.75) is 13.0 Å². The second-order valence-electron chi connectivity index (χ2n) is 7.71. The van der Waals surface area contributed by atoms with Crippen molar-refractivity contribution in [1.29, 1.82) is 0 Å². The number of hydrogen-bond acceptors (Lipinski definition) is 6. The first-order chi connectivity index (χ1) is 17.1. The Kier molecular flexibility index (Phi) is 5.91. The van der Waals surface area contributed by atoms with Gasteiger partial charge in [-0.2, -0.15) is 0 Å². The van der Waals surface area contributed by atoms with Crippen molar-refractivity contribution >= 4 is 34.7 Å². The Labute approximate surface area is 199 Å².